The van der Waals surface area contributed by atoms with Crippen molar-refractivity contribution in [2.24, 2.45) is 5.92 Å². The number of carbonyl (C=O) groups excluding carboxylic acids is 1. The molecule has 1 amide bonds. The van der Waals surface area contributed by atoms with Gasteiger partial charge < -0.3 is 4.74 Å². The third-order valence-corrected chi connectivity index (χ3v) is 7.06. The molecule has 3 rings (SSSR count). The molecule has 2 aromatic carbocycles. The fourth-order valence-corrected chi connectivity index (χ4v) is 5.13. The van der Waals surface area contributed by atoms with E-state index >= 15 is 0 Å². The summed E-state index contributed by atoms with van der Waals surface area (Å²) < 4.78 is 31.2. The maximum Gasteiger partial charge on any atom is 0.279 e. The summed E-state index contributed by atoms with van der Waals surface area (Å²) >= 11 is 0. The molecule has 0 radical (unpaired) electrons. The number of nitrogens with zero attached hydrogens (tertiary/aromatic N) is 1. The van der Waals surface area contributed by atoms with Crippen LogP contribution >= 0.6 is 0 Å². The normalized spacial score (nSPS) is 20.3. The van der Waals surface area contributed by atoms with Gasteiger partial charge in [-0.05, 0) is 36.6 Å². The van der Waals surface area contributed by atoms with E-state index in [2.05, 4.69) is 0 Å². The van der Waals surface area contributed by atoms with Gasteiger partial charge in [0.1, 0.15) is 0 Å². The Hall–Kier alpha value is -2.26. The van der Waals surface area contributed by atoms with Crippen LogP contribution in [-0.4, -0.2) is 48.4 Å². The third-order valence-electron chi connectivity index (χ3n) is 4.77. The van der Waals surface area contributed by atoms with Crippen LogP contribution in [0.3, 0.4) is 0 Å². The number of ether oxygens (including phenoxy) is 1. The van der Waals surface area contributed by atoms with Gasteiger partial charge in [-0.3, -0.25) is 15.2 Å². The molecule has 0 aromatic heterocycles. The highest BCUT2D eigenvalue weighted by molar-refractivity contribution is 7.92. The van der Waals surface area contributed by atoms with Crippen molar-refractivity contribution in [2.45, 2.75) is 23.5 Å². The maximum absolute atomic E-state index is 13.0. The molecule has 2 N–H and O–H groups in total. The molecule has 1 aliphatic rings. The molecule has 0 bridgehead atoms. The quantitative estimate of drug-likeness (QED) is 0.613. The van der Waals surface area contributed by atoms with Crippen molar-refractivity contribution in [2.75, 3.05) is 13.2 Å². The van der Waals surface area contributed by atoms with Gasteiger partial charge in [-0.1, -0.05) is 47.2 Å². The van der Waals surface area contributed by atoms with Crippen LogP contribution in [0, 0.1) is 12.8 Å². The first kappa shape index (κ1) is 19.5. The van der Waals surface area contributed by atoms with Crippen molar-refractivity contribution in [3.05, 3.63) is 54.1 Å². The summed E-state index contributed by atoms with van der Waals surface area (Å²) in [4.78, 5) is 12.0. The minimum Gasteiger partial charge on any atom is -0.381 e. The Balaban J connectivity index is 1.89. The highest BCUT2D eigenvalue weighted by atomic mass is 32.2. The second-order valence-corrected chi connectivity index (χ2v) is 8.74. The standard InChI is InChI=1S/C19H21NO6S/c1-13-2-4-14(5-3-13)15-6-8-16(9-7-15)27(24,25)18-10-11-26-12-17(18)19(21)20(22)23/h2-9,17-18,22-23H,10-12H2,1H3. The Labute approximate surface area is 157 Å². The molecule has 1 aliphatic heterocycles. The van der Waals surface area contributed by atoms with Crippen LogP contribution in [0.4, 0.5) is 0 Å². The van der Waals surface area contributed by atoms with Crippen LogP contribution in [0.1, 0.15) is 12.0 Å². The van der Waals surface area contributed by atoms with Gasteiger partial charge >= 0.3 is 0 Å². The number of hydrogen-bond donors (Lipinski definition) is 2. The number of carbonyl (C=O) groups is 1. The van der Waals surface area contributed by atoms with Crippen LogP contribution in [0.15, 0.2) is 53.4 Å². The van der Waals surface area contributed by atoms with Crippen LogP contribution < -0.4 is 0 Å². The van der Waals surface area contributed by atoms with Gasteiger partial charge in [0.15, 0.2) is 9.84 Å². The Morgan fingerprint density at radius 3 is 2.15 bits per heavy atom. The first-order chi connectivity index (χ1) is 12.8. The Kier molecular flexibility index (Phi) is 5.61. The van der Waals surface area contributed by atoms with Gasteiger partial charge in [-0.25, -0.2) is 8.42 Å². The lowest BCUT2D eigenvalue weighted by Gasteiger charge is -2.30. The van der Waals surface area contributed by atoms with E-state index in [1.54, 1.807) is 12.1 Å². The summed E-state index contributed by atoms with van der Waals surface area (Å²) in [6, 6.07) is 14.3. The molecule has 0 aliphatic carbocycles. The second kappa shape index (κ2) is 7.77. The van der Waals surface area contributed by atoms with Crippen molar-refractivity contribution >= 4 is 15.7 Å². The predicted octanol–water partition coefficient (Wildman–Crippen LogP) is 2.45. The second-order valence-electron chi connectivity index (χ2n) is 6.57. The molecule has 1 saturated heterocycles. The molecule has 1 fully saturated rings. The fourth-order valence-electron chi connectivity index (χ4n) is 3.23. The maximum atomic E-state index is 13.0. The number of sulfone groups is 1. The van der Waals surface area contributed by atoms with Crippen molar-refractivity contribution < 1.29 is 28.4 Å². The van der Waals surface area contributed by atoms with Gasteiger partial charge in [0.2, 0.25) is 0 Å². The van der Waals surface area contributed by atoms with E-state index in [1.807, 2.05) is 31.2 Å². The van der Waals surface area contributed by atoms with Gasteiger partial charge in [-0.15, -0.1) is 0 Å². The van der Waals surface area contributed by atoms with E-state index in [-0.39, 0.29) is 24.5 Å². The van der Waals surface area contributed by atoms with Crippen molar-refractivity contribution in [3.63, 3.8) is 0 Å². The van der Waals surface area contributed by atoms with Crippen LogP contribution in [0.25, 0.3) is 11.1 Å². The molecular weight excluding hydrogens is 370 g/mol. The number of aryl methyl sites for hydroxylation is 1. The molecule has 2 atom stereocenters. The Morgan fingerprint density at radius 2 is 1.59 bits per heavy atom. The molecule has 2 aromatic rings. The summed E-state index contributed by atoms with van der Waals surface area (Å²) in [6.45, 7) is 2.00. The highest BCUT2D eigenvalue weighted by Crippen LogP contribution is 2.30. The van der Waals surface area contributed by atoms with E-state index in [1.165, 1.54) is 12.1 Å². The van der Waals surface area contributed by atoms with Crippen molar-refractivity contribution in [3.8, 4) is 11.1 Å². The van der Waals surface area contributed by atoms with E-state index in [0.29, 0.717) is 0 Å². The largest absolute Gasteiger partial charge is 0.381 e. The molecule has 0 spiro atoms. The van der Waals surface area contributed by atoms with E-state index in [0.717, 1.165) is 16.7 Å². The fraction of sp³-hybridized carbons (Fsp3) is 0.316. The number of hydroxylamine groups is 2. The summed E-state index contributed by atoms with van der Waals surface area (Å²) in [6.07, 6.45) is 0.103. The Bertz CT molecular complexity index is 906. The summed E-state index contributed by atoms with van der Waals surface area (Å²) in [7, 11) is -3.85. The van der Waals surface area contributed by atoms with Gasteiger partial charge in [0, 0.05) is 6.61 Å². The first-order valence-electron chi connectivity index (χ1n) is 8.51. The number of rotatable bonds is 4. The van der Waals surface area contributed by atoms with Crippen LogP contribution in [0.2, 0.25) is 0 Å². The third kappa shape index (κ3) is 4.03. The molecule has 7 nitrogen and oxygen atoms in total. The van der Waals surface area contributed by atoms with Gasteiger partial charge in [-0.2, -0.15) is 0 Å². The van der Waals surface area contributed by atoms with Gasteiger partial charge in [0.05, 0.1) is 22.7 Å². The molecule has 0 saturated carbocycles. The SMILES string of the molecule is Cc1ccc(-c2ccc(S(=O)(=O)C3CCOCC3C(=O)N(O)O)cc2)cc1. The number of hydrogen-bond acceptors (Lipinski definition) is 6. The minimum atomic E-state index is -3.85. The lowest BCUT2D eigenvalue weighted by Crippen LogP contribution is -2.46. The first-order valence-corrected chi connectivity index (χ1v) is 10.1. The zero-order valence-corrected chi connectivity index (χ0v) is 15.6. The molecule has 27 heavy (non-hydrogen) atoms. The lowest BCUT2D eigenvalue weighted by molar-refractivity contribution is -0.289. The summed E-state index contributed by atoms with van der Waals surface area (Å²) in [5.74, 6) is -2.27. The monoisotopic (exact) mass is 391 g/mol. The Morgan fingerprint density at radius 1 is 1.04 bits per heavy atom. The summed E-state index contributed by atoms with van der Waals surface area (Å²) in [5.41, 5.74) is 2.99. The molecule has 1 heterocycles. The van der Waals surface area contributed by atoms with E-state index in [4.69, 9.17) is 15.2 Å². The van der Waals surface area contributed by atoms with Gasteiger partial charge in [0.25, 0.3) is 5.91 Å². The molecule has 8 heteroatoms. The molecular formula is C19H21NO6S. The summed E-state index contributed by atoms with van der Waals surface area (Å²) in [5, 5.41) is 16.4. The minimum absolute atomic E-state index is 0.0884. The average Bonchev–Trinajstić information content (AvgIpc) is 2.68. The van der Waals surface area contributed by atoms with Crippen molar-refractivity contribution in [1.29, 1.82) is 0 Å². The highest BCUT2D eigenvalue weighted by Gasteiger charge is 2.42. The van der Waals surface area contributed by atoms with Crippen LogP contribution in [0.5, 0.6) is 0 Å². The average molecular weight is 391 g/mol. The predicted molar refractivity (Wildman–Crippen MR) is 96.9 cm³/mol. The molecule has 2 unspecified atom stereocenters. The van der Waals surface area contributed by atoms with Crippen molar-refractivity contribution in [1.82, 2.24) is 5.23 Å². The smallest absolute Gasteiger partial charge is 0.279 e. The topological polar surface area (TPSA) is 104 Å². The van der Waals surface area contributed by atoms with E-state index < -0.39 is 32.1 Å². The zero-order chi connectivity index (χ0) is 19.6. The lowest BCUT2D eigenvalue weighted by atomic mass is 10.0. The van der Waals surface area contributed by atoms with Crippen LogP contribution in [-0.2, 0) is 19.4 Å². The number of benzene rings is 2. The van der Waals surface area contributed by atoms with E-state index in [9.17, 15) is 13.2 Å². The zero-order valence-electron chi connectivity index (χ0n) is 14.8. The molecule has 144 valence electrons. The number of amides is 1.